The van der Waals surface area contributed by atoms with Crippen molar-refractivity contribution in [3.8, 4) is 0 Å². The molecule has 0 saturated heterocycles. The predicted octanol–water partition coefficient (Wildman–Crippen LogP) is 0.832. The first-order valence-corrected chi connectivity index (χ1v) is 5.74. The highest BCUT2D eigenvalue weighted by Crippen LogP contribution is 2.16. The van der Waals surface area contributed by atoms with Crippen molar-refractivity contribution in [2.45, 2.75) is 19.1 Å². The molecule has 0 heterocycles. The van der Waals surface area contributed by atoms with E-state index in [1.807, 2.05) is 0 Å². The molecule has 1 aromatic rings. The maximum atomic E-state index is 11.1. The SMILES string of the molecule is O=C(O)CC(C(=O)O)C(OCc1ccccc1)C(=O)O. The van der Waals surface area contributed by atoms with Crippen molar-refractivity contribution in [3.63, 3.8) is 0 Å². The van der Waals surface area contributed by atoms with Gasteiger partial charge in [-0.15, -0.1) is 0 Å². The van der Waals surface area contributed by atoms with Crippen molar-refractivity contribution in [1.82, 2.24) is 0 Å². The van der Waals surface area contributed by atoms with Gasteiger partial charge < -0.3 is 20.1 Å². The second-order valence-electron chi connectivity index (χ2n) is 4.10. The van der Waals surface area contributed by atoms with Crippen LogP contribution in [0.4, 0.5) is 0 Å². The number of hydrogen-bond donors (Lipinski definition) is 3. The van der Waals surface area contributed by atoms with Crippen molar-refractivity contribution in [2.75, 3.05) is 0 Å². The second kappa shape index (κ2) is 7.25. The number of benzene rings is 1. The van der Waals surface area contributed by atoms with Crippen molar-refractivity contribution >= 4 is 17.9 Å². The van der Waals surface area contributed by atoms with Crippen LogP contribution in [0.3, 0.4) is 0 Å². The van der Waals surface area contributed by atoms with Gasteiger partial charge in [-0.05, 0) is 5.56 Å². The van der Waals surface area contributed by atoms with Crippen molar-refractivity contribution in [2.24, 2.45) is 5.92 Å². The van der Waals surface area contributed by atoms with E-state index >= 15 is 0 Å². The van der Waals surface area contributed by atoms with Crippen LogP contribution in [0.25, 0.3) is 0 Å². The van der Waals surface area contributed by atoms with E-state index in [9.17, 15) is 14.4 Å². The van der Waals surface area contributed by atoms with Crippen LogP contribution in [0.1, 0.15) is 12.0 Å². The Morgan fingerprint density at radius 3 is 2.05 bits per heavy atom. The summed E-state index contributed by atoms with van der Waals surface area (Å²) in [7, 11) is 0. The molecule has 0 fully saturated rings. The minimum atomic E-state index is -1.72. The molecule has 2 atom stereocenters. The summed E-state index contributed by atoms with van der Waals surface area (Å²) in [5.74, 6) is -6.07. The summed E-state index contributed by atoms with van der Waals surface area (Å²) in [5.41, 5.74) is 0.665. The van der Waals surface area contributed by atoms with Gasteiger partial charge in [0.25, 0.3) is 0 Å². The summed E-state index contributed by atoms with van der Waals surface area (Å²) in [6.45, 7) is -0.110. The van der Waals surface area contributed by atoms with Gasteiger partial charge >= 0.3 is 17.9 Å². The fourth-order valence-corrected chi connectivity index (χ4v) is 1.63. The molecule has 1 rings (SSSR count). The van der Waals surface area contributed by atoms with Gasteiger partial charge in [0.05, 0.1) is 13.0 Å². The number of carboxylic acid groups (broad SMARTS) is 3. The molecule has 0 bridgehead atoms. The van der Waals surface area contributed by atoms with E-state index in [2.05, 4.69) is 0 Å². The van der Waals surface area contributed by atoms with E-state index in [0.29, 0.717) is 5.56 Å². The maximum absolute atomic E-state index is 11.1. The molecule has 0 aliphatic carbocycles. The predicted molar refractivity (Wildman–Crippen MR) is 66.0 cm³/mol. The summed E-state index contributed by atoms with van der Waals surface area (Å²) in [6.07, 6.45) is -2.54. The molecule has 3 N–H and O–H groups in total. The summed E-state index contributed by atoms with van der Waals surface area (Å²) in [5, 5.41) is 26.6. The molecule has 7 heteroatoms. The third-order valence-electron chi connectivity index (χ3n) is 2.59. The summed E-state index contributed by atoms with van der Waals surface area (Å²) < 4.78 is 5.07. The molecule has 2 unspecified atom stereocenters. The minimum Gasteiger partial charge on any atom is -0.481 e. The van der Waals surface area contributed by atoms with Gasteiger partial charge in [0.15, 0.2) is 6.10 Å². The maximum Gasteiger partial charge on any atom is 0.333 e. The molecule has 0 radical (unpaired) electrons. The number of carboxylic acids is 3. The Balaban J connectivity index is 2.78. The highest BCUT2D eigenvalue weighted by Gasteiger charge is 2.36. The molecule has 7 nitrogen and oxygen atoms in total. The molecular formula is C13H14O7. The van der Waals surface area contributed by atoms with E-state index < -0.39 is 36.4 Å². The van der Waals surface area contributed by atoms with E-state index in [1.165, 1.54) is 0 Å². The Morgan fingerprint density at radius 2 is 1.60 bits per heavy atom. The van der Waals surface area contributed by atoms with Gasteiger partial charge in [0.2, 0.25) is 0 Å². The van der Waals surface area contributed by atoms with Gasteiger partial charge in [-0.1, -0.05) is 30.3 Å². The van der Waals surface area contributed by atoms with Crippen molar-refractivity contribution in [3.05, 3.63) is 35.9 Å². The van der Waals surface area contributed by atoms with E-state index in [1.54, 1.807) is 30.3 Å². The average molecular weight is 282 g/mol. The lowest BCUT2D eigenvalue weighted by atomic mass is 9.98. The monoisotopic (exact) mass is 282 g/mol. The van der Waals surface area contributed by atoms with Crippen molar-refractivity contribution in [1.29, 1.82) is 0 Å². The molecular weight excluding hydrogens is 268 g/mol. The number of aliphatic carboxylic acids is 3. The zero-order valence-corrected chi connectivity index (χ0v) is 10.4. The van der Waals surface area contributed by atoms with Gasteiger partial charge in [-0.25, -0.2) is 4.79 Å². The molecule has 0 aliphatic heterocycles. The number of carbonyl (C=O) groups is 3. The zero-order valence-electron chi connectivity index (χ0n) is 10.4. The topological polar surface area (TPSA) is 121 Å². The van der Waals surface area contributed by atoms with Crippen molar-refractivity contribution < 1.29 is 34.4 Å². The fraction of sp³-hybridized carbons (Fsp3) is 0.308. The van der Waals surface area contributed by atoms with Crippen LogP contribution in [0.2, 0.25) is 0 Å². The zero-order chi connectivity index (χ0) is 15.1. The van der Waals surface area contributed by atoms with E-state index in [-0.39, 0.29) is 6.61 Å². The summed E-state index contributed by atoms with van der Waals surface area (Å²) in [4.78, 5) is 32.7. The second-order valence-corrected chi connectivity index (χ2v) is 4.10. The smallest absolute Gasteiger partial charge is 0.333 e. The molecule has 0 saturated carbocycles. The van der Waals surface area contributed by atoms with Gasteiger partial charge in [0, 0.05) is 0 Å². The Morgan fingerprint density at radius 1 is 1.00 bits per heavy atom. The molecule has 0 spiro atoms. The standard InChI is InChI=1S/C13H14O7/c14-10(15)6-9(12(16)17)11(13(18)19)20-7-8-4-2-1-3-5-8/h1-5,9,11H,6-7H2,(H,14,15)(H,16,17)(H,18,19). The lowest BCUT2D eigenvalue weighted by molar-refractivity contribution is -0.167. The Kier molecular flexibility index (Phi) is 5.67. The normalized spacial score (nSPS) is 13.4. The van der Waals surface area contributed by atoms with Crippen LogP contribution in [0, 0.1) is 5.92 Å². The van der Waals surface area contributed by atoms with Crippen LogP contribution in [0.15, 0.2) is 30.3 Å². The lowest BCUT2D eigenvalue weighted by Gasteiger charge is -2.19. The van der Waals surface area contributed by atoms with Crippen LogP contribution in [-0.4, -0.2) is 39.3 Å². The molecule has 0 aliphatic rings. The summed E-state index contributed by atoms with van der Waals surface area (Å²) in [6, 6.07) is 8.58. The van der Waals surface area contributed by atoms with Crippen LogP contribution in [-0.2, 0) is 25.7 Å². The lowest BCUT2D eigenvalue weighted by Crippen LogP contribution is -2.38. The highest BCUT2D eigenvalue weighted by molar-refractivity contribution is 5.85. The minimum absolute atomic E-state index is 0.110. The Labute approximate surface area is 114 Å². The fourth-order valence-electron chi connectivity index (χ4n) is 1.63. The first kappa shape index (κ1) is 15.6. The number of rotatable bonds is 8. The van der Waals surface area contributed by atoms with E-state index in [0.717, 1.165) is 0 Å². The van der Waals surface area contributed by atoms with E-state index in [4.69, 9.17) is 20.1 Å². The molecule has 0 amide bonds. The molecule has 108 valence electrons. The Hall–Kier alpha value is -2.41. The first-order chi connectivity index (χ1) is 9.41. The van der Waals surface area contributed by atoms with Gasteiger partial charge in [-0.2, -0.15) is 0 Å². The van der Waals surface area contributed by atoms with Crippen LogP contribution < -0.4 is 0 Å². The van der Waals surface area contributed by atoms with Gasteiger partial charge in [0.1, 0.15) is 5.92 Å². The first-order valence-electron chi connectivity index (χ1n) is 5.74. The van der Waals surface area contributed by atoms with Gasteiger partial charge in [-0.3, -0.25) is 9.59 Å². The number of hydrogen-bond acceptors (Lipinski definition) is 4. The average Bonchev–Trinajstić information content (AvgIpc) is 2.38. The van der Waals surface area contributed by atoms with Crippen LogP contribution in [0.5, 0.6) is 0 Å². The molecule has 1 aromatic carbocycles. The number of ether oxygens (including phenoxy) is 1. The van der Waals surface area contributed by atoms with Crippen LogP contribution >= 0.6 is 0 Å². The third-order valence-corrected chi connectivity index (χ3v) is 2.59. The largest absolute Gasteiger partial charge is 0.481 e. The quantitative estimate of drug-likeness (QED) is 0.645. The highest BCUT2D eigenvalue weighted by atomic mass is 16.5. The molecule has 0 aromatic heterocycles. The Bertz CT molecular complexity index is 483. The third kappa shape index (κ3) is 4.69. The summed E-state index contributed by atoms with van der Waals surface area (Å²) >= 11 is 0. The molecule has 20 heavy (non-hydrogen) atoms.